The highest BCUT2D eigenvalue weighted by Gasteiger charge is 2.27. The summed E-state index contributed by atoms with van der Waals surface area (Å²) in [5.74, 6) is -0.400. The lowest BCUT2D eigenvalue weighted by atomic mass is 9.87. The van der Waals surface area contributed by atoms with Gasteiger partial charge in [0.25, 0.3) is 0 Å². The highest BCUT2D eigenvalue weighted by Crippen LogP contribution is 2.33. The highest BCUT2D eigenvalue weighted by molar-refractivity contribution is 5.90. The number of carbonyl (C=O) groups is 1. The third-order valence-corrected chi connectivity index (χ3v) is 4.70. The normalized spacial score (nSPS) is 13.9. The Morgan fingerprint density at radius 2 is 1.78 bits per heavy atom. The van der Waals surface area contributed by atoms with Crippen LogP contribution in [0.2, 0.25) is 0 Å². The van der Waals surface area contributed by atoms with Crippen LogP contribution in [0.3, 0.4) is 0 Å². The van der Waals surface area contributed by atoms with Crippen molar-refractivity contribution in [2.45, 2.75) is 12.3 Å². The number of nitrogens with zero attached hydrogens (tertiary/aromatic N) is 3. The van der Waals surface area contributed by atoms with Gasteiger partial charge in [0, 0.05) is 30.7 Å². The maximum Gasteiger partial charge on any atom is 0.414 e. The molecule has 0 bridgehead atoms. The van der Waals surface area contributed by atoms with Crippen molar-refractivity contribution in [1.29, 1.82) is 0 Å². The van der Waals surface area contributed by atoms with Gasteiger partial charge >= 0.3 is 6.09 Å². The first-order valence-electron chi connectivity index (χ1n) is 8.75. The molecule has 0 radical (unpaired) electrons. The van der Waals surface area contributed by atoms with Crippen LogP contribution in [0.25, 0.3) is 0 Å². The Hall–Kier alpha value is -3.28. The van der Waals surface area contributed by atoms with Crippen molar-refractivity contribution in [2.75, 3.05) is 18.1 Å². The van der Waals surface area contributed by atoms with Gasteiger partial charge in [-0.2, -0.15) is 0 Å². The molecule has 0 unspecified atom stereocenters. The molecule has 1 aliphatic rings. The summed E-state index contributed by atoms with van der Waals surface area (Å²) in [6, 6.07) is 12.4. The zero-order valence-corrected chi connectivity index (χ0v) is 14.6. The predicted octanol–water partition coefficient (Wildman–Crippen LogP) is 3.95. The standard InChI is InChI=1S/C21H18FN3O2/c22-18-6-5-15(20(12-18)25-9-10-27-21(25)26)11-19(16-3-1-7-23-13-16)17-4-2-8-24-14-17/h1-8,12-14,19H,9-11H2. The summed E-state index contributed by atoms with van der Waals surface area (Å²) in [6.07, 6.45) is 7.24. The van der Waals surface area contributed by atoms with Crippen molar-refractivity contribution < 1.29 is 13.9 Å². The molecule has 1 saturated heterocycles. The fourth-order valence-electron chi connectivity index (χ4n) is 3.39. The van der Waals surface area contributed by atoms with Gasteiger partial charge in [0.15, 0.2) is 0 Å². The molecule has 1 aromatic carbocycles. The number of rotatable bonds is 5. The smallest absolute Gasteiger partial charge is 0.414 e. The molecule has 0 N–H and O–H groups in total. The zero-order chi connectivity index (χ0) is 18.6. The number of hydrogen-bond donors (Lipinski definition) is 0. The number of amides is 1. The van der Waals surface area contributed by atoms with E-state index in [1.165, 1.54) is 17.0 Å². The number of cyclic esters (lactones) is 1. The fraction of sp³-hybridized carbons (Fsp3) is 0.190. The molecule has 1 fully saturated rings. The number of hydrogen-bond acceptors (Lipinski definition) is 4. The van der Waals surface area contributed by atoms with E-state index in [2.05, 4.69) is 9.97 Å². The number of anilines is 1. The van der Waals surface area contributed by atoms with Crippen LogP contribution >= 0.6 is 0 Å². The summed E-state index contributed by atoms with van der Waals surface area (Å²) < 4.78 is 18.9. The van der Waals surface area contributed by atoms with Gasteiger partial charge in [-0.1, -0.05) is 18.2 Å². The monoisotopic (exact) mass is 363 g/mol. The average molecular weight is 363 g/mol. The molecule has 136 valence electrons. The van der Waals surface area contributed by atoms with Crippen molar-refractivity contribution in [2.24, 2.45) is 0 Å². The fourth-order valence-corrected chi connectivity index (χ4v) is 3.39. The number of aromatic nitrogens is 2. The first-order chi connectivity index (χ1) is 13.2. The maximum atomic E-state index is 13.9. The van der Waals surface area contributed by atoms with E-state index in [-0.39, 0.29) is 11.7 Å². The van der Waals surface area contributed by atoms with E-state index in [4.69, 9.17) is 4.74 Å². The Balaban J connectivity index is 1.75. The van der Waals surface area contributed by atoms with Crippen molar-refractivity contribution in [1.82, 2.24) is 9.97 Å². The summed E-state index contributed by atoms with van der Waals surface area (Å²) in [5, 5.41) is 0. The molecule has 0 saturated carbocycles. The van der Waals surface area contributed by atoms with E-state index in [9.17, 15) is 9.18 Å². The Morgan fingerprint density at radius 3 is 2.33 bits per heavy atom. The minimum absolute atomic E-state index is 0.0183. The van der Waals surface area contributed by atoms with Gasteiger partial charge in [0.1, 0.15) is 12.4 Å². The molecule has 6 heteroatoms. The van der Waals surface area contributed by atoms with Crippen LogP contribution in [0, 0.1) is 5.82 Å². The van der Waals surface area contributed by atoms with E-state index < -0.39 is 6.09 Å². The van der Waals surface area contributed by atoms with E-state index in [0.717, 1.165) is 16.7 Å². The third-order valence-electron chi connectivity index (χ3n) is 4.70. The van der Waals surface area contributed by atoms with Gasteiger partial charge in [-0.3, -0.25) is 14.9 Å². The molecule has 4 rings (SSSR count). The number of carbonyl (C=O) groups excluding carboxylic acids is 1. The lowest BCUT2D eigenvalue weighted by Gasteiger charge is -2.22. The van der Waals surface area contributed by atoms with E-state index >= 15 is 0 Å². The number of pyridine rings is 2. The van der Waals surface area contributed by atoms with Crippen LogP contribution in [0.15, 0.2) is 67.3 Å². The average Bonchev–Trinajstić information content (AvgIpc) is 3.14. The van der Waals surface area contributed by atoms with Crippen LogP contribution in [0.4, 0.5) is 14.9 Å². The molecule has 1 aliphatic heterocycles. The molecule has 0 spiro atoms. The van der Waals surface area contributed by atoms with Crippen LogP contribution in [0.5, 0.6) is 0 Å². The lowest BCUT2D eigenvalue weighted by Crippen LogP contribution is -2.25. The second-order valence-electron chi connectivity index (χ2n) is 6.37. The quantitative estimate of drug-likeness (QED) is 0.689. The van der Waals surface area contributed by atoms with Crippen molar-refractivity contribution >= 4 is 11.8 Å². The van der Waals surface area contributed by atoms with Gasteiger partial charge in [0.05, 0.1) is 12.2 Å². The number of benzene rings is 1. The second-order valence-corrected chi connectivity index (χ2v) is 6.37. The molecule has 5 nitrogen and oxygen atoms in total. The number of ether oxygens (including phenoxy) is 1. The summed E-state index contributed by atoms with van der Waals surface area (Å²) in [6.45, 7) is 0.725. The molecule has 0 atom stereocenters. The van der Waals surface area contributed by atoms with Gasteiger partial charge < -0.3 is 4.74 Å². The first kappa shape index (κ1) is 17.1. The molecule has 3 heterocycles. The van der Waals surface area contributed by atoms with Crippen molar-refractivity contribution in [3.05, 3.63) is 89.8 Å². The van der Waals surface area contributed by atoms with Crippen LogP contribution in [0.1, 0.15) is 22.6 Å². The maximum absolute atomic E-state index is 13.9. The third kappa shape index (κ3) is 3.65. The molecule has 1 amide bonds. The SMILES string of the molecule is O=C1OCCN1c1cc(F)ccc1CC(c1cccnc1)c1cccnc1. The van der Waals surface area contributed by atoms with E-state index in [1.807, 2.05) is 36.7 Å². The van der Waals surface area contributed by atoms with Gasteiger partial charge in [-0.15, -0.1) is 0 Å². The lowest BCUT2D eigenvalue weighted by molar-refractivity contribution is 0.181. The number of halogens is 1. The van der Waals surface area contributed by atoms with Crippen LogP contribution in [-0.2, 0) is 11.2 Å². The zero-order valence-electron chi connectivity index (χ0n) is 14.6. The summed E-state index contributed by atoms with van der Waals surface area (Å²) >= 11 is 0. The summed E-state index contributed by atoms with van der Waals surface area (Å²) in [7, 11) is 0. The van der Waals surface area contributed by atoms with Gasteiger partial charge in [-0.25, -0.2) is 9.18 Å². The molecular weight excluding hydrogens is 345 g/mol. The van der Waals surface area contributed by atoms with Crippen molar-refractivity contribution in [3.63, 3.8) is 0 Å². The Morgan fingerprint density at radius 1 is 1.07 bits per heavy atom. The topological polar surface area (TPSA) is 55.3 Å². The largest absolute Gasteiger partial charge is 0.447 e. The molecule has 3 aromatic rings. The molecule has 27 heavy (non-hydrogen) atoms. The summed E-state index contributed by atoms with van der Waals surface area (Å²) in [5.41, 5.74) is 3.48. The molecule has 2 aromatic heterocycles. The van der Waals surface area contributed by atoms with Crippen LogP contribution in [-0.4, -0.2) is 29.2 Å². The molecule has 0 aliphatic carbocycles. The van der Waals surface area contributed by atoms with Gasteiger partial charge in [-0.05, 0) is 47.4 Å². The first-order valence-corrected chi connectivity index (χ1v) is 8.75. The van der Waals surface area contributed by atoms with Crippen LogP contribution < -0.4 is 4.90 Å². The minimum Gasteiger partial charge on any atom is -0.447 e. The minimum atomic E-state index is -0.443. The Labute approximate surface area is 156 Å². The second kappa shape index (κ2) is 7.53. The van der Waals surface area contributed by atoms with E-state index in [1.54, 1.807) is 18.5 Å². The summed E-state index contributed by atoms with van der Waals surface area (Å²) in [4.78, 5) is 22.0. The van der Waals surface area contributed by atoms with Gasteiger partial charge in [0.2, 0.25) is 0 Å². The Bertz CT molecular complexity index is 895. The Kier molecular flexibility index (Phi) is 4.78. The van der Waals surface area contributed by atoms with E-state index in [0.29, 0.717) is 25.3 Å². The predicted molar refractivity (Wildman–Crippen MR) is 99.1 cm³/mol. The highest BCUT2D eigenvalue weighted by atomic mass is 19.1. The van der Waals surface area contributed by atoms with Crippen molar-refractivity contribution in [3.8, 4) is 0 Å². The molecular formula is C21H18FN3O2.